The minimum absolute atomic E-state index is 0.0592. The van der Waals surface area contributed by atoms with Crippen LogP contribution in [0.1, 0.15) is 57.3 Å². The molecule has 8 heteroatoms. The minimum Gasteiger partial charge on any atom is -0.299 e. The van der Waals surface area contributed by atoms with Crippen LogP contribution in [-0.4, -0.2) is 34.7 Å². The zero-order chi connectivity index (χ0) is 23.0. The predicted molar refractivity (Wildman–Crippen MR) is 129 cm³/mol. The van der Waals surface area contributed by atoms with Crippen LogP contribution in [0.3, 0.4) is 0 Å². The van der Waals surface area contributed by atoms with Gasteiger partial charge in [0.1, 0.15) is 0 Å². The van der Waals surface area contributed by atoms with Crippen molar-refractivity contribution in [2.45, 2.75) is 65.5 Å². The topological polar surface area (TPSA) is 94.3 Å². The van der Waals surface area contributed by atoms with Gasteiger partial charge in [-0.1, -0.05) is 63.4 Å². The Balaban J connectivity index is 1.59. The molecule has 0 amide bonds. The van der Waals surface area contributed by atoms with Crippen molar-refractivity contribution < 1.29 is 0 Å². The second kappa shape index (κ2) is 10.8. The number of unbranched alkanes of at least 4 members (excludes halogenated alkanes) is 3. The quantitative estimate of drug-likeness (QED) is 0.344. The number of benzene rings is 1. The highest BCUT2D eigenvalue weighted by atomic mass is 16.1. The third-order valence-corrected chi connectivity index (χ3v) is 5.90. The average Bonchev–Trinajstić information content (AvgIpc) is 3.48. The Morgan fingerprint density at radius 1 is 0.970 bits per heavy atom. The van der Waals surface area contributed by atoms with Crippen molar-refractivity contribution in [1.82, 2.24) is 34.7 Å². The zero-order valence-corrected chi connectivity index (χ0v) is 19.4. The highest BCUT2D eigenvalue weighted by Crippen LogP contribution is 2.29. The Labute approximate surface area is 193 Å². The van der Waals surface area contributed by atoms with E-state index >= 15 is 0 Å². The lowest BCUT2D eigenvalue weighted by molar-refractivity contribution is 0.588. The van der Waals surface area contributed by atoms with E-state index in [4.69, 9.17) is 4.98 Å². The molecule has 3 heterocycles. The summed E-state index contributed by atoms with van der Waals surface area (Å²) < 4.78 is 3.75. The molecule has 3 aromatic heterocycles. The molecule has 0 fully saturated rings. The van der Waals surface area contributed by atoms with Crippen molar-refractivity contribution in [2.75, 3.05) is 0 Å². The molecule has 0 aliphatic rings. The molecule has 172 valence electrons. The maximum Gasteiger partial charge on any atom is 0.328 e. The summed E-state index contributed by atoms with van der Waals surface area (Å²) >= 11 is 0. The molecule has 4 rings (SSSR count). The third-order valence-electron chi connectivity index (χ3n) is 5.90. The van der Waals surface area contributed by atoms with Crippen molar-refractivity contribution in [3.63, 3.8) is 0 Å². The first-order valence-corrected chi connectivity index (χ1v) is 11.8. The first kappa shape index (κ1) is 22.6. The number of imidazole rings is 1. The van der Waals surface area contributed by atoms with E-state index in [9.17, 15) is 4.79 Å². The van der Waals surface area contributed by atoms with Crippen LogP contribution in [0, 0.1) is 0 Å². The molecule has 0 saturated carbocycles. The van der Waals surface area contributed by atoms with Crippen LogP contribution < -0.4 is 5.69 Å². The Kier molecular flexibility index (Phi) is 7.44. The Hall–Kier alpha value is -3.55. The summed E-state index contributed by atoms with van der Waals surface area (Å²) in [5, 5.41) is 14.2. The zero-order valence-electron chi connectivity index (χ0n) is 19.4. The van der Waals surface area contributed by atoms with Crippen LogP contribution in [0.15, 0.2) is 53.6 Å². The number of aromatic nitrogens is 7. The van der Waals surface area contributed by atoms with Gasteiger partial charge in [-0.05, 0) is 41.3 Å². The van der Waals surface area contributed by atoms with Crippen molar-refractivity contribution in [3.8, 4) is 22.5 Å². The summed E-state index contributed by atoms with van der Waals surface area (Å²) in [5.74, 6) is 0.617. The molecule has 0 spiro atoms. The summed E-state index contributed by atoms with van der Waals surface area (Å²) in [4.78, 5) is 17.8. The van der Waals surface area contributed by atoms with Gasteiger partial charge in [-0.25, -0.2) is 9.89 Å². The molecule has 0 bridgehead atoms. The highest BCUT2D eigenvalue weighted by Gasteiger charge is 2.14. The fraction of sp³-hybridized carbons (Fsp3) is 0.400. The van der Waals surface area contributed by atoms with Crippen LogP contribution in [0.25, 0.3) is 22.5 Å². The number of nitrogens with zero attached hydrogens (tertiary/aromatic N) is 6. The van der Waals surface area contributed by atoms with E-state index in [1.54, 1.807) is 0 Å². The Morgan fingerprint density at radius 2 is 1.79 bits per heavy atom. The first-order chi connectivity index (χ1) is 16.2. The summed E-state index contributed by atoms with van der Waals surface area (Å²) in [6.45, 7) is 5.59. The molecule has 1 aromatic carbocycles. The van der Waals surface area contributed by atoms with Crippen LogP contribution in [0.4, 0.5) is 0 Å². The standard InChI is InChI=1S/C25H31N7O/c1-3-5-7-10-21-18-31(15-6-4-2)25(33)32(21)17-20-14-13-19(16-26-20)22-11-8-9-12-23(22)24-27-29-30-28-24/h8-9,11-14,16,18H,3-7,10,15,17H2,1-2H3,(H,27,28,29,30). The van der Waals surface area contributed by atoms with Gasteiger partial charge in [-0.15, -0.1) is 5.10 Å². The van der Waals surface area contributed by atoms with E-state index in [-0.39, 0.29) is 5.69 Å². The summed E-state index contributed by atoms with van der Waals surface area (Å²) in [5.41, 5.74) is 4.91. The molecule has 0 aliphatic carbocycles. The lowest BCUT2D eigenvalue weighted by Gasteiger charge is -2.09. The number of tetrazole rings is 1. The largest absolute Gasteiger partial charge is 0.328 e. The van der Waals surface area contributed by atoms with Crippen molar-refractivity contribution in [1.29, 1.82) is 0 Å². The normalized spacial score (nSPS) is 11.2. The van der Waals surface area contributed by atoms with E-state index < -0.39 is 0 Å². The molecule has 0 unspecified atom stereocenters. The SMILES string of the molecule is CCCCCc1cn(CCCC)c(=O)n1Cc1ccc(-c2ccccc2-c2nnn[nH]2)cn1. The fourth-order valence-electron chi connectivity index (χ4n) is 4.05. The third kappa shape index (κ3) is 5.27. The van der Waals surface area contributed by atoms with Crippen LogP contribution >= 0.6 is 0 Å². The molecule has 0 aliphatic heterocycles. The summed E-state index contributed by atoms with van der Waals surface area (Å²) in [6.07, 6.45) is 10.3. The molecule has 0 atom stereocenters. The number of hydrogen-bond acceptors (Lipinski definition) is 5. The molecule has 0 radical (unpaired) electrons. The van der Waals surface area contributed by atoms with Crippen LogP contribution in [-0.2, 0) is 19.5 Å². The molecule has 1 N–H and O–H groups in total. The number of H-pyrrole nitrogens is 1. The molecule has 4 aromatic rings. The molecular weight excluding hydrogens is 414 g/mol. The van der Waals surface area contributed by atoms with Gasteiger partial charge in [0.05, 0.1) is 12.2 Å². The van der Waals surface area contributed by atoms with E-state index in [1.165, 1.54) is 6.42 Å². The van der Waals surface area contributed by atoms with Crippen LogP contribution in [0.5, 0.6) is 0 Å². The van der Waals surface area contributed by atoms with E-state index in [2.05, 4.69) is 34.5 Å². The molecular formula is C25H31N7O. The van der Waals surface area contributed by atoms with Gasteiger partial charge in [-0.2, -0.15) is 0 Å². The number of hydrogen-bond donors (Lipinski definition) is 1. The van der Waals surface area contributed by atoms with Gasteiger partial charge in [-0.3, -0.25) is 14.1 Å². The second-order valence-electron chi connectivity index (χ2n) is 8.33. The number of aryl methyl sites for hydroxylation is 2. The number of nitrogens with one attached hydrogen (secondary N) is 1. The van der Waals surface area contributed by atoms with Crippen molar-refractivity contribution >= 4 is 0 Å². The summed E-state index contributed by atoms with van der Waals surface area (Å²) in [6, 6.07) is 12.0. The maximum atomic E-state index is 13.1. The van der Waals surface area contributed by atoms with Crippen molar-refractivity contribution in [3.05, 3.63) is 70.7 Å². The molecule has 0 saturated heterocycles. The van der Waals surface area contributed by atoms with Gasteiger partial charge in [0.25, 0.3) is 0 Å². The second-order valence-corrected chi connectivity index (χ2v) is 8.33. The first-order valence-electron chi connectivity index (χ1n) is 11.8. The van der Waals surface area contributed by atoms with Gasteiger partial charge < -0.3 is 0 Å². The van der Waals surface area contributed by atoms with Gasteiger partial charge in [0, 0.05) is 35.8 Å². The molecule has 33 heavy (non-hydrogen) atoms. The fourth-order valence-corrected chi connectivity index (χ4v) is 4.05. The van der Waals surface area contributed by atoms with Crippen LogP contribution in [0.2, 0.25) is 0 Å². The summed E-state index contributed by atoms with van der Waals surface area (Å²) in [7, 11) is 0. The Morgan fingerprint density at radius 3 is 2.48 bits per heavy atom. The monoisotopic (exact) mass is 445 g/mol. The molecule has 8 nitrogen and oxygen atoms in total. The van der Waals surface area contributed by atoms with Gasteiger partial charge >= 0.3 is 5.69 Å². The Bertz CT molecular complexity index is 1210. The average molecular weight is 446 g/mol. The maximum absolute atomic E-state index is 13.1. The van der Waals surface area contributed by atoms with Crippen molar-refractivity contribution in [2.24, 2.45) is 0 Å². The van der Waals surface area contributed by atoms with E-state index in [1.807, 2.05) is 57.9 Å². The van der Waals surface area contributed by atoms with Gasteiger partial charge in [0.15, 0.2) is 5.82 Å². The van der Waals surface area contributed by atoms with E-state index in [0.29, 0.717) is 12.4 Å². The number of aromatic amines is 1. The van der Waals surface area contributed by atoms with Gasteiger partial charge in [0.2, 0.25) is 0 Å². The lowest BCUT2D eigenvalue weighted by atomic mass is 10.0. The highest BCUT2D eigenvalue weighted by molar-refractivity contribution is 5.79. The van der Waals surface area contributed by atoms with E-state index in [0.717, 1.165) is 66.7 Å². The smallest absolute Gasteiger partial charge is 0.299 e. The lowest BCUT2D eigenvalue weighted by Crippen LogP contribution is -2.26. The predicted octanol–water partition coefficient (Wildman–Crippen LogP) is 4.47. The minimum atomic E-state index is 0.0592. The number of rotatable bonds is 11. The number of pyridine rings is 1.